The van der Waals surface area contributed by atoms with Crippen LogP contribution in [0.3, 0.4) is 0 Å². The predicted molar refractivity (Wildman–Crippen MR) is 81.6 cm³/mol. The third kappa shape index (κ3) is 1.98. The van der Waals surface area contributed by atoms with Gasteiger partial charge >= 0.3 is 5.97 Å². The molecule has 1 heterocycles. The third-order valence-electron chi connectivity index (χ3n) is 3.10. The number of esters is 1. The van der Waals surface area contributed by atoms with Crippen LogP contribution in [0.5, 0.6) is 0 Å². The van der Waals surface area contributed by atoms with Gasteiger partial charge in [-0.3, -0.25) is 4.79 Å². The second kappa shape index (κ2) is 5.06. The molecule has 0 saturated carbocycles. The Morgan fingerprint density at radius 2 is 1.85 bits per heavy atom. The van der Waals surface area contributed by atoms with E-state index in [0.29, 0.717) is 27.6 Å². The second-order valence-corrected chi connectivity index (χ2v) is 5.38. The second-order valence-electron chi connectivity index (χ2n) is 4.33. The summed E-state index contributed by atoms with van der Waals surface area (Å²) in [4.78, 5) is 24.5. The first kappa shape index (κ1) is 12.8. The average molecular weight is 284 g/mol. The zero-order valence-electron chi connectivity index (χ0n) is 10.9. The Kier molecular flexibility index (Phi) is 3.24. The van der Waals surface area contributed by atoms with Crippen LogP contribution in [0.25, 0.3) is 20.2 Å². The summed E-state index contributed by atoms with van der Waals surface area (Å²) in [5.74, 6) is -0.385. The SMILES string of the molecule is CCOC(=O)c1cccc2c(=O)c3ccccc3sc12. The van der Waals surface area contributed by atoms with Gasteiger partial charge < -0.3 is 4.74 Å². The molecule has 4 heteroatoms. The van der Waals surface area contributed by atoms with Gasteiger partial charge in [0.2, 0.25) is 0 Å². The van der Waals surface area contributed by atoms with Crippen LogP contribution >= 0.6 is 11.3 Å². The smallest absolute Gasteiger partial charge is 0.339 e. The minimum Gasteiger partial charge on any atom is -0.462 e. The first-order valence-corrected chi connectivity index (χ1v) is 7.15. The van der Waals surface area contributed by atoms with Crippen LogP contribution in [-0.4, -0.2) is 12.6 Å². The predicted octanol–water partition coefficient (Wildman–Crippen LogP) is 3.59. The van der Waals surface area contributed by atoms with Gasteiger partial charge in [-0.25, -0.2) is 4.79 Å². The Morgan fingerprint density at radius 3 is 2.65 bits per heavy atom. The Bertz CT molecular complexity index is 864. The van der Waals surface area contributed by atoms with Gasteiger partial charge in [-0.2, -0.15) is 0 Å². The molecule has 0 amide bonds. The molecule has 0 saturated heterocycles. The van der Waals surface area contributed by atoms with Crippen molar-refractivity contribution in [3.63, 3.8) is 0 Å². The van der Waals surface area contributed by atoms with Crippen molar-refractivity contribution in [3.05, 3.63) is 58.3 Å². The van der Waals surface area contributed by atoms with Crippen LogP contribution in [-0.2, 0) is 4.74 Å². The highest BCUT2D eigenvalue weighted by Gasteiger charge is 2.14. The van der Waals surface area contributed by atoms with Crippen LogP contribution in [0.15, 0.2) is 47.3 Å². The van der Waals surface area contributed by atoms with E-state index in [1.807, 2.05) is 24.3 Å². The molecule has 1 aromatic heterocycles. The van der Waals surface area contributed by atoms with E-state index in [1.54, 1.807) is 25.1 Å². The average Bonchev–Trinajstić information content (AvgIpc) is 2.47. The molecule has 2 aromatic carbocycles. The van der Waals surface area contributed by atoms with E-state index in [0.717, 1.165) is 4.70 Å². The van der Waals surface area contributed by atoms with E-state index in [2.05, 4.69) is 0 Å². The molecule has 0 aliphatic rings. The molecule has 20 heavy (non-hydrogen) atoms. The zero-order valence-corrected chi connectivity index (χ0v) is 11.7. The topological polar surface area (TPSA) is 43.4 Å². The Balaban J connectivity index is 2.40. The number of ether oxygens (including phenoxy) is 1. The lowest BCUT2D eigenvalue weighted by Crippen LogP contribution is -2.07. The largest absolute Gasteiger partial charge is 0.462 e. The van der Waals surface area contributed by atoms with E-state index in [9.17, 15) is 9.59 Å². The molecular formula is C16H12O3S. The van der Waals surface area contributed by atoms with Crippen molar-refractivity contribution in [1.82, 2.24) is 0 Å². The van der Waals surface area contributed by atoms with Crippen LogP contribution in [0, 0.1) is 0 Å². The first-order valence-electron chi connectivity index (χ1n) is 6.34. The molecular weight excluding hydrogens is 272 g/mol. The number of carbonyl (C=O) groups excluding carboxylic acids is 1. The summed E-state index contributed by atoms with van der Waals surface area (Å²) in [5.41, 5.74) is 0.415. The fraction of sp³-hybridized carbons (Fsp3) is 0.125. The maximum Gasteiger partial charge on any atom is 0.339 e. The number of hydrogen-bond acceptors (Lipinski definition) is 4. The molecule has 0 bridgehead atoms. The van der Waals surface area contributed by atoms with Crippen molar-refractivity contribution >= 4 is 37.5 Å². The molecule has 3 aromatic rings. The van der Waals surface area contributed by atoms with Gasteiger partial charge in [-0.05, 0) is 31.2 Å². The fourth-order valence-corrected chi connectivity index (χ4v) is 3.36. The molecule has 0 spiro atoms. The van der Waals surface area contributed by atoms with E-state index >= 15 is 0 Å². The lowest BCUT2D eigenvalue weighted by atomic mass is 10.1. The number of hydrogen-bond donors (Lipinski definition) is 0. The normalized spacial score (nSPS) is 10.8. The van der Waals surface area contributed by atoms with Gasteiger partial charge in [-0.1, -0.05) is 18.2 Å². The van der Waals surface area contributed by atoms with E-state index in [-0.39, 0.29) is 11.4 Å². The monoisotopic (exact) mass is 284 g/mol. The molecule has 0 aliphatic heterocycles. The van der Waals surface area contributed by atoms with Crippen molar-refractivity contribution in [3.8, 4) is 0 Å². The van der Waals surface area contributed by atoms with Gasteiger partial charge in [0.25, 0.3) is 0 Å². The fourth-order valence-electron chi connectivity index (χ4n) is 2.19. The molecule has 3 rings (SSSR count). The summed E-state index contributed by atoms with van der Waals surface area (Å²) >= 11 is 1.45. The highest BCUT2D eigenvalue weighted by Crippen LogP contribution is 2.27. The highest BCUT2D eigenvalue weighted by molar-refractivity contribution is 7.24. The van der Waals surface area contributed by atoms with E-state index in [4.69, 9.17) is 4.74 Å². The van der Waals surface area contributed by atoms with Crippen molar-refractivity contribution < 1.29 is 9.53 Å². The van der Waals surface area contributed by atoms with Crippen LogP contribution < -0.4 is 5.43 Å². The first-order chi connectivity index (χ1) is 9.72. The molecule has 0 radical (unpaired) electrons. The molecule has 0 aliphatic carbocycles. The molecule has 0 fully saturated rings. The van der Waals surface area contributed by atoms with E-state index in [1.165, 1.54) is 11.3 Å². The summed E-state index contributed by atoms with van der Waals surface area (Å²) < 4.78 is 6.62. The quantitative estimate of drug-likeness (QED) is 0.533. The number of rotatable bonds is 2. The standard InChI is InChI=1S/C16H12O3S/c1-2-19-16(18)12-8-5-7-11-14(17)10-6-3-4-9-13(10)20-15(11)12/h3-9H,2H2,1H3. The molecule has 3 nitrogen and oxygen atoms in total. The van der Waals surface area contributed by atoms with Gasteiger partial charge in [0.05, 0.1) is 16.9 Å². The summed E-state index contributed by atoms with van der Waals surface area (Å²) in [6.07, 6.45) is 0. The maximum absolute atomic E-state index is 12.5. The molecule has 0 N–H and O–H groups in total. The number of fused-ring (bicyclic) bond motifs is 2. The van der Waals surface area contributed by atoms with Gasteiger partial charge in [0.1, 0.15) is 0 Å². The minimum absolute atomic E-state index is 0.0412. The third-order valence-corrected chi connectivity index (χ3v) is 4.32. The Labute approximate surface area is 119 Å². The van der Waals surface area contributed by atoms with Crippen molar-refractivity contribution in [2.45, 2.75) is 6.92 Å². The maximum atomic E-state index is 12.5. The summed E-state index contributed by atoms with van der Waals surface area (Å²) in [5, 5.41) is 1.25. The molecule has 0 unspecified atom stereocenters. The highest BCUT2D eigenvalue weighted by atomic mass is 32.1. The van der Waals surface area contributed by atoms with Gasteiger partial charge in [0, 0.05) is 15.5 Å². The number of benzene rings is 2. The van der Waals surface area contributed by atoms with Crippen molar-refractivity contribution in [1.29, 1.82) is 0 Å². The van der Waals surface area contributed by atoms with Crippen molar-refractivity contribution in [2.75, 3.05) is 6.61 Å². The Hall–Kier alpha value is -2.20. The number of carbonyl (C=O) groups is 1. The van der Waals surface area contributed by atoms with Gasteiger partial charge in [0.15, 0.2) is 5.43 Å². The lowest BCUT2D eigenvalue weighted by molar-refractivity contribution is 0.0529. The van der Waals surface area contributed by atoms with Gasteiger partial charge in [-0.15, -0.1) is 11.3 Å². The Morgan fingerprint density at radius 1 is 1.10 bits per heavy atom. The summed E-state index contributed by atoms with van der Waals surface area (Å²) in [6.45, 7) is 2.08. The summed E-state index contributed by atoms with van der Waals surface area (Å²) in [6, 6.07) is 12.6. The molecule has 0 atom stereocenters. The minimum atomic E-state index is -0.385. The summed E-state index contributed by atoms with van der Waals surface area (Å²) in [7, 11) is 0. The molecule has 100 valence electrons. The van der Waals surface area contributed by atoms with Crippen molar-refractivity contribution in [2.24, 2.45) is 0 Å². The van der Waals surface area contributed by atoms with Crippen LogP contribution in [0.4, 0.5) is 0 Å². The van der Waals surface area contributed by atoms with Crippen LogP contribution in [0.1, 0.15) is 17.3 Å². The lowest BCUT2D eigenvalue weighted by Gasteiger charge is -2.06. The van der Waals surface area contributed by atoms with Crippen LogP contribution in [0.2, 0.25) is 0 Å². The van der Waals surface area contributed by atoms with E-state index < -0.39 is 0 Å². The zero-order chi connectivity index (χ0) is 14.1.